The van der Waals surface area contributed by atoms with E-state index >= 15 is 0 Å². The van der Waals surface area contributed by atoms with Crippen molar-refractivity contribution in [3.63, 3.8) is 0 Å². The van der Waals surface area contributed by atoms with E-state index in [0.29, 0.717) is 35.6 Å². The van der Waals surface area contributed by atoms with Crippen molar-refractivity contribution in [3.05, 3.63) is 60.8 Å². The van der Waals surface area contributed by atoms with Gasteiger partial charge in [-0.3, -0.25) is 4.79 Å². The van der Waals surface area contributed by atoms with Gasteiger partial charge in [-0.05, 0) is 43.9 Å². The standard InChI is InChI=1S/C25H25N11O3S/c1-40(38,39)21-20(15-9-16-4-5-17(10-15)35(16)25(37)23-28-13-29-33-23)32-24-18(12-31-36(24)22(21)26)14-3-6-19(27-11-14)34-8-2-7-30-34/h2-3,6-8,11-13,15-17H,4-5,9-10,26H2,1H3,(H,28,29,33)/t15?,16-,17+. The minimum Gasteiger partial charge on any atom is -0.382 e. The van der Waals surface area contributed by atoms with Gasteiger partial charge in [-0.15, -0.1) is 10.2 Å². The zero-order chi connectivity index (χ0) is 27.6. The Kier molecular flexibility index (Phi) is 5.45. The van der Waals surface area contributed by atoms with Crippen LogP contribution in [0.1, 0.15) is 47.9 Å². The van der Waals surface area contributed by atoms with E-state index < -0.39 is 9.84 Å². The maximum Gasteiger partial charge on any atom is 0.292 e. The lowest BCUT2D eigenvalue weighted by Gasteiger charge is -2.38. The molecule has 2 aliphatic heterocycles. The Labute approximate surface area is 228 Å². The summed E-state index contributed by atoms with van der Waals surface area (Å²) in [5, 5.41) is 16.2. The van der Waals surface area contributed by atoms with Crippen LogP contribution in [0.3, 0.4) is 0 Å². The lowest BCUT2D eigenvalue weighted by molar-refractivity contribution is 0.0556. The van der Waals surface area contributed by atoms with Crippen molar-refractivity contribution in [1.82, 2.24) is 49.4 Å². The molecular weight excluding hydrogens is 534 g/mol. The van der Waals surface area contributed by atoms with Gasteiger partial charge in [-0.25, -0.2) is 23.1 Å². The topological polar surface area (TPSA) is 183 Å². The zero-order valence-corrected chi connectivity index (χ0v) is 22.2. The van der Waals surface area contributed by atoms with Gasteiger partial charge in [0.25, 0.3) is 5.91 Å². The summed E-state index contributed by atoms with van der Waals surface area (Å²) in [5.74, 6) is 0.463. The zero-order valence-electron chi connectivity index (χ0n) is 21.4. The first kappa shape index (κ1) is 24.4. The summed E-state index contributed by atoms with van der Waals surface area (Å²) >= 11 is 0. The quantitative estimate of drug-likeness (QED) is 0.321. The number of nitrogens with two attached hydrogens (primary N) is 1. The predicted octanol–water partition coefficient (Wildman–Crippen LogP) is 1.63. The molecule has 1 unspecified atom stereocenters. The van der Waals surface area contributed by atoms with Gasteiger partial charge in [0.15, 0.2) is 21.3 Å². The molecular formula is C25H25N11O3S. The summed E-state index contributed by atoms with van der Waals surface area (Å²) in [7, 11) is -3.75. The number of piperidine rings is 1. The molecule has 14 nitrogen and oxygen atoms in total. The fourth-order valence-electron chi connectivity index (χ4n) is 6.13. The van der Waals surface area contributed by atoms with Crippen LogP contribution in [-0.4, -0.2) is 82.1 Å². The lowest BCUT2D eigenvalue weighted by atomic mass is 9.87. The number of aromatic nitrogens is 9. The fourth-order valence-corrected chi connectivity index (χ4v) is 7.19. The van der Waals surface area contributed by atoms with Gasteiger partial charge in [-0.2, -0.15) is 14.7 Å². The average molecular weight is 560 g/mol. The minimum absolute atomic E-state index is 0.0128. The van der Waals surface area contributed by atoms with E-state index in [1.54, 1.807) is 29.5 Å². The largest absolute Gasteiger partial charge is 0.382 e. The van der Waals surface area contributed by atoms with Crippen molar-refractivity contribution in [3.8, 4) is 16.9 Å². The van der Waals surface area contributed by atoms with E-state index in [1.807, 2.05) is 23.1 Å². The molecule has 2 fully saturated rings. The Morgan fingerprint density at radius 2 is 1.93 bits per heavy atom. The molecule has 2 aliphatic rings. The molecule has 0 radical (unpaired) electrons. The number of sulfone groups is 1. The van der Waals surface area contributed by atoms with Gasteiger partial charge < -0.3 is 15.6 Å². The van der Waals surface area contributed by atoms with Crippen LogP contribution in [0, 0.1) is 0 Å². The van der Waals surface area contributed by atoms with Gasteiger partial charge in [0.05, 0.1) is 11.9 Å². The third kappa shape index (κ3) is 3.84. The van der Waals surface area contributed by atoms with Crippen molar-refractivity contribution >= 4 is 27.2 Å². The Balaban J connectivity index is 1.29. The molecule has 204 valence electrons. The Morgan fingerprint density at radius 1 is 1.12 bits per heavy atom. The maximum absolute atomic E-state index is 13.1. The number of nitrogens with zero attached hydrogens (tertiary/aromatic N) is 9. The average Bonchev–Trinajstić information content (AvgIpc) is 3.74. The van der Waals surface area contributed by atoms with E-state index in [-0.39, 0.29) is 40.4 Å². The maximum atomic E-state index is 13.1. The number of rotatable bonds is 5. The summed E-state index contributed by atoms with van der Waals surface area (Å²) in [6.45, 7) is 0. The highest BCUT2D eigenvalue weighted by molar-refractivity contribution is 7.91. The molecule has 0 aliphatic carbocycles. The Hall–Kier alpha value is -4.66. The fraction of sp³-hybridized carbons (Fsp3) is 0.320. The Morgan fingerprint density at radius 3 is 2.55 bits per heavy atom. The van der Waals surface area contributed by atoms with Crippen LogP contribution in [0.25, 0.3) is 22.6 Å². The number of amides is 1. The minimum atomic E-state index is -3.75. The number of H-pyrrole nitrogens is 1. The molecule has 3 N–H and O–H groups in total. The van der Waals surface area contributed by atoms with Gasteiger partial charge in [0, 0.05) is 54.0 Å². The number of carbonyl (C=O) groups is 1. The molecule has 1 amide bonds. The van der Waals surface area contributed by atoms with E-state index in [2.05, 4.69) is 30.4 Å². The highest BCUT2D eigenvalue weighted by atomic mass is 32.2. The van der Waals surface area contributed by atoms with Crippen LogP contribution >= 0.6 is 0 Å². The number of nitrogens with one attached hydrogen (secondary N) is 1. The summed E-state index contributed by atoms with van der Waals surface area (Å²) in [4.78, 5) is 27.2. The molecule has 3 atom stereocenters. The molecule has 5 aromatic heterocycles. The van der Waals surface area contributed by atoms with Crippen LogP contribution in [-0.2, 0) is 9.84 Å². The van der Waals surface area contributed by atoms with Crippen LogP contribution in [0.5, 0.6) is 0 Å². The number of aromatic amines is 1. The molecule has 7 heterocycles. The second-order valence-corrected chi connectivity index (χ2v) is 12.2. The van der Waals surface area contributed by atoms with Crippen molar-refractivity contribution < 1.29 is 13.2 Å². The predicted molar refractivity (Wildman–Crippen MR) is 142 cm³/mol. The molecule has 40 heavy (non-hydrogen) atoms. The van der Waals surface area contributed by atoms with Crippen LogP contribution < -0.4 is 5.73 Å². The number of anilines is 1. The third-order valence-electron chi connectivity index (χ3n) is 7.81. The highest BCUT2D eigenvalue weighted by Gasteiger charge is 2.46. The molecule has 0 aromatic carbocycles. The van der Waals surface area contributed by atoms with Crippen LogP contribution in [0.2, 0.25) is 0 Å². The second kappa shape index (κ2) is 8.94. The first-order valence-corrected chi connectivity index (χ1v) is 14.7. The van der Waals surface area contributed by atoms with Gasteiger partial charge >= 0.3 is 0 Å². The van der Waals surface area contributed by atoms with Crippen molar-refractivity contribution in [2.45, 2.75) is 48.6 Å². The normalized spacial score (nSPS) is 20.8. The summed E-state index contributed by atoms with van der Waals surface area (Å²) in [5.41, 5.74) is 8.78. The number of hydrogen-bond acceptors (Lipinski definition) is 10. The van der Waals surface area contributed by atoms with E-state index in [4.69, 9.17) is 10.7 Å². The van der Waals surface area contributed by atoms with E-state index in [0.717, 1.165) is 24.7 Å². The molecule has 0 spiro atoms. The monoisotopic (exact) mass is 559 g/mol. The summed E-state index contributed by atoms with van der Waals surface area (Å²) < 4.78 is 29.1. The SMILES string of the molecule is CS(=O)(=O)c1c(C2C[C@H]3CC[C@@H](C2)N3C(=O)c2nnc[nH]2)nc2c(-c3ccc(-n4cccn4)nc3)cnn2c1N. The van der Waals surface area contributed by atoms with Gasteiger partial charge in [0.1, 0.15) is 17.0 Å². The molecule has 0 saturated carbocycles. The van der Waals surface area contributed by atoms with Crippen molar-refractivity contribution in [2.24, 2.45) is 0 Å². The van der Waals surface area contributed by atoms with Gasteiger partial charge in [-0.1, -0.05) is 0 Å². The smallest absolute Gasteiger partial charge is 0.292 e. The lowest BCUT2D eigenvalue weighted by Crippen LogP contribution is -2.46. The van der Waals surface area contributed by atoms with Crippen LogP contribution in [0.15, 0.2) is 54.2 Å². The summed E-state index contributed by atoms with van der Waals surface area (Å²) in [6, 6.07) is 5.39. The Bertz CT molecular complexity index is 1820. The second-order valence-electron chi connectivity index (χ2n) is 10.2. The van der Waals surface area contributed by atoms with E-state index in [1.165, 1.54) is 10.8 Å². The molecule has 5 aromatic rings. The molecule has 7 rings (SSSR count). The van der Waals surface area contributed by atoms with E-state index in [9.17, 15) is 13.2 Å². The number of fused-ring (bicyclic) bond motifs is 3. The highest BCUT2D eigenvalue weighted by Crippen LogP contribution is 2.45. The third-order valence-corrected chi connectivity index (χ3v) is 8.97. The molecule has 2 bridgehead atoms. The summed E-state index contributed by atoms with van der Waals surface area (Å²) in [6.07, 6.45) is 12.1. The molecule has 2 saturated heterocycles. The number of hydrogen-bond donors (Lipinski definition) is 2. The molecule has 15 heteroatoms. The number of nitrogen functional groups attached to an aromatic ring is 1. The number of pyridine rings is 1. The van der Waals surface area contributed by atoms with Gasteiger partial charge in [0.2, 0.25) is 5.82 Å². The first-order valence-electron chi connectivity index (χ1n) is 12.8. The van der Waals surface area contributed by atoms with Crippen molar-refractivity contribution in [2.75, 3.05) is 12.0 Å². The first-order chi connectivity index (χ1) is 19.3. The van der Waals surface area contributed by atoms with Crippen molar-refractivity contribution in [1.29, 1.82) is 0 Å². The number of carbonyl (C=O) groups excluding carboxylic acids is 1. The van der Waals surface area contributed by atoms with Crippen LogP contribution in [0.4, 0.5) is 5.82 Å².